The minimum atomic E-state index is -2.86. The van der Waals surface area contributed by atoms with Crippen molar-refractivity contribution in [1.82, 2.24) is 4.90 Å². The zero-order chi connectivity index (χ0) is 33.8. The van der Waals surface area contributed by atoms with Crippen molar-refractivity contribution in [1.29, 1.82) is 0 Å². The number of ether oxygens (including phenoxy) is 2. The zero-order valence-corrected chi connectivity index (χ0v) is 26.1. The summed E-state index contributed by atoms with van der Waals surface area (Å²) in [6.07, 6.45) is -1.19. The van der Waals surface area contributed by atoms with Gasteiger partial charge in [-0.2, -0.15) is 0 Å². The number of aliphatic hydroxyl groups is 1. The molecule has 3 aliphatic rings. The third-order valence-corrected chi connectivity index (χ3v) is 9.71. The molecule has 6 atom stereocenters. The largest absolute Gasteiger partial charge is 0.505 e. The van der Waals surface area contributed by atoms with Crippen molar-refractivity contribution in [2.45, 2.75) is 24.5 Å². The van der Waals surface area contributed by atoms with Crippen LogP contribution in [0.25, 0.3) is 0 Å². The number of nitrogens with two attached hydrogens (primary N) is 1. The van der Waals surface area contributed by atoms with E-state index in [1.807, 2.05) is 0 Å². The Morgan fingerprint density at radius 1 is 1.11 bits per heavy atom. The molecule has 1 heterocycles. The Morgan fingerprint density at radius 2 is 1.80 bits per heavy atom. The van der Waals surface area contributed by atoms with E-state index in [-0.39, 0.29) is 24.1 Å². The lowest BCUT2D eigenvalue weighted by molar-refractivity contribution is -0.181. The number of ketones is 4. The molecule has 15 nitrogen and oxygen atoms in total. The predicted molar refractivity (Wildman–Crippen MR) is 160 cm³/mol. The number of primary amides is 1. The molecule has 2 unspecified atom stereocenters. The quantitative estimate of drug-likeness (QED) is 0.137. The number of carbonyl (C=O) groups is 7. The van der Waals surface area contributed by atoms with Gasteiger partial charge >= 0.3 is 12.1 Å². The van der Waals surface area contributed by atoms with Crippen molar-refractivity contribution in [2.24, 2.45) is 29.4 Å². The molecule has 5 rings (SSSR count). The number of nitrogens with one attached hydrogen (secondary N) is 1. The Balaban J connectivity index is 1.47. The summed E-state index contributed by atoms with van der Waals surface area (Å²) in [5.74, 6) is -12.7. The number of amides is 2. The fourth-order valence-electron chi connectivity index (χ4n) is 6.89. The van der Waals surface area contributed by atoms with E-state index in [9.17, 15) is 43.8 Å². The lowest BCUT2D eigenvalue weighted by Gasteiger charge is -2.52. The van der Waals surface area contributed by atoms with Crippen molar-refractivity contribution >= 4 is 63.8 Å². The number of carbonyl (C=O) groups excluding carboxylic acids is 7. The molecule has 3 aliphatic carbocycles. The number of benzene rings is 1. The van der Waals surface area contributed by atoms with Gasteiger partial charge in [-0.05, 0) is 55.9 Å². The van der Waals surface area contributed by atoms with Crippen LogP contribution in [0.15, 0.2) is 23.6 Å². The topological polar surface area (TPSA) is 223 Å². The van der Waals surface area contributed by atoms with Crippen LogP contribution < -0.4 is 16.0 Å². The third kappa shape index (κ3) is 5.11. The Hall–Kier alpha value is -4.67. The highest BCUT2D eigenvalue weighted by Crippen LogP contribution is 2.52. The first-order valence-electron chi connectivity index (χ1n) is 14.2. The van der Waals surface area contributed by atoms with Crippen molar-refractivity contribution in [3.63, 3.8) is 0 Å². The number of nitrogens with zero attached hydrogens (tertiary/aromatic N) is 2. The molecule has 0 bridgehead atoms. The van der Waals surface area contributed by atoms with E-state index in [0.717, 1.165) is 11.3 Å². The molecule has 0 aliphatic heterocycles. The molecule has 1 aromatic heterocycles. The van der Waals surface area contributed by atoms with Crippen molar-refractivity contribution in [3.05, 3.63) is 39.6 Å². The molecule has 0 saturated heterocycles. The average Bonchev–Trinajstić information content (AvgIpc) is 3.51. The van der Waals surface area contributed by atoms with Crippen LogP contribution in [0.4, 0.5) is 16.2 Å². The number of aromatic hydroxyl groups is 1. The summed E-state index contributed by atoms with van der Waals surface area (Å²) < 4.78 is 9.80. The molecule has 0 spiro atoms. The maximum Gasteiger partial charge on any atom is 0.414 e. The van der Waals surface area contributed by atoms with Crippen LogP contribution in [-0.2, 0) is 35.1 Å². The van der Waals surface area contributed by atoms with Crippen LogP contribution >= 0.6 is 11.3 Å². The molecular formula is C30H32N4O11S. The van der Waals surface area contributed by atoms with E-state index >= 15 is 0 Å². The Bertz CT molecular complexity index is 1670. The lowest BCUT2D eigenvalue weighted by Crippen LogP contribution is -2.74. The molecule has 16 heteroatoms. The molecule has 0 radical (unpaired) electrons. The maximum absolute atomic E-state index is 14.1. The second kappa shape index (κ2) is 11.9. The summed E-state index contributed by atoms with van der Waals surface area (Å²) in [5, 5.41) is 27.0. The van der Waals surface area contributed by atoms with Crippen LogP contribution in [0.3, 0.4) is 0 Å². The Morgan fingerprint density at radius 3 is 2.39 bits per heavy atom. The fraction of sp³-hybridized carbons (Fsp3) is 0.433. The van der Waals surface area contributed by atoms with Gasteiger partial charge in [-0.15, -0.1) is 11.3 Å². The number of esters is 1. The number of hydrogen-bond acceptors (Lipinski definition) is 14. The van der Waals surface area contributed by atoms with Gasteiger partial charge < -0.3 is 30.3 Å². The van der Waals surface area contributed by atoms with Crippen LogP contribution in [0.2, 0.25) is 0 Å². The number of thiophene rings is 1. The number of Topliss-reactive ketones (excluding diaryl/α,β-unsaturated/α-hetero) is 4. The monoisotopic (exact) mass is 656 g/mol. The number of likely N-dealkylation sites (N-methyl/N-ethyl adjacent to an activating group) is 1. The maximum atomic E-state index is 14.1. The normalized spacial score (nSPS) is 27.0. The molecule has 2 saturated carbocycles. The van der Waals surface area contributed by atoms with E-state index in [4.69, 9.17) is 15.2 Å². The average molecular weight is 657 g/mol. The van der Waals surface area contributed by atoms with Crippen molar-refractivity contribution < 1.29 is 53.2 Å². The first-order valence-corrected chi connectivity index (χ1v) is 15.0. The molecule has 1 aromatic carbocycles. The number of anilines is 2. The Kier molecular flexibility index (Phi) is 8.48. The van der Waals surface area contributed by atoms with E-state index in [0.29, 0.717) is 16.1 Å². The first-order chi connectivity index (χ1) is 21.6. The minimum absolute atomic E-state index is 0.0380. The van der Waals surface area contributed by atoms with Gasteiger partial charge in [-0.3, -0.25) is 34.2 Å². The second-order valence-corrected chi connectivity index (χ2v) is 12.9. The highest BCUT2D eigenvalue weighted by Gasteiger charge is 2.69. The summed E-state index contributed by atoms with van der Waals surface area (Å²) in [6, 6.07) is 3.35. The van der Waals surface area contributed by atoms with Crippen molar-refractivity contribution in [2.75, 3.05) is 45.2 Å². The highest BCUT2D eigenvalue weighted by molar-refractivity contribution is 7.11. The number of phenolic OH excluding ortho intramolecular Hbond substituents is 1. The van der Waals surface area contributed by atoms with E-state index in [2.05, 4.69) is 5.32 Å². The third-order valence-electron chi connectivity index (χ3n) is 8.86. The van der Waals surface area contributed by atoms with Gasteiger partial charge in [-0.25, -0.2) is 9.59 Å². The van der Waals surface area contributed by atoms with Gasteiger partial charge in [0.25, 0.3) is 0 Å². The molecule has 46 heavy (non-hydrogen) atoms. The van der Waals surface area contributed by atoms with Gasteiger partial charge in [0.15, 0.2) is 34.7 Å². The van der Waals surface area contributed by atoms with Gasteiger partial charge in [-0.1, -0.05) is 6.07 Å². The van der Waals surface area contributed by atoms with Crippen LogP contribution in [0.5, 0.6) is 5.75 Å². The summed E-state index contributed by atoms with van der Waals surface area (Å²) >= 11 is 1.13. The lowest BCUT2D eigenvalue weighted by atomic mass is 9.52. The molecule has 2 fully saturated rings. The van der Waals surface area contributed by atoms with Gasteiger partial charge in [0.2, 0.25) is 12.7 Å². The molecule has 2 amide bonds. The summed E-state index contributed by atoms with van der Waals surface area (Å²) in [4.78, 5) is 94.9. The number of fused-ring (bicyclic) bond motifs is 3. The summed E-state index contributed by atoms with van der Waals surface area (Å²) in [5.41, 5.74) is 2.67. The minimum Gasteiger partial charge on any atom is -0.505 e. The standard InChI is InChI=1S/C30H32N4O11S/c1-33(2)16-10-15(32-29(42)45-11-44-28(41)17-6-5-7-46-17)22(35)19-13(16)8-12-9-14-21(34(3)4)24(37)20(27(31)40)26(39)30(14,43)25(38)18(12)23(19)36/h5-7,10,12,14,18,20-21,35,43H,8-9,11H2,1-4H3,(H2,31,40)(H,32,42)/t12-,14-,18?,20?,21-,30-/m0/s1. The van der Waals surface area contributed by atoms with E-state index in [1.54, 1.807) is 30.4 Å². The van der Waals surface area contributed by atoms with Gasteiger partial charge in [0.1, 0.15) is 10.6 Å². The Labute approximate surface area is 266 Å². The van der Waals surface area contributed by atoms with Crippen LogP contribution in [0, 0.1) is 23.7 Å². The fourth-order valence-corrected chi connectivity index (χ4v) is 7.51. The second-order valence-electron chi connectivity index (χ2n) is 11.9. The van der Waals surface area contributed by atoms with Crippen molar-refractivity contribution in [3.8, 4) is 5.75 Å². The molecule has 5 N–H and O–H groups in total. The van der Waals surface area contributed by atoms with Gasteiger partial charge in [0, 0.05) is 25.7 Å². The smallest absolute Gasteiger partial charge is 0.414 e. The number of phenols is 1. The summed E-state index contributed by atoms with van der Waals surface area (Å²) in [7, 11) is 6.32. The number of rotatable bonds is 7. The van der Waals surface area contributed by atoms with Crippen LogP contribution in [-0.4, -0.2) is 103 Å². The van der Waals surface area contributed by atoms with E-state index < -0.39 is 89.0 Å². The van der Waals surface area contributed by atoms with E-state index in [1.165, 1.54) is 31.1 Å². The number of hydrogen-bond donors (Lipinski definition) is 4. The summed E-state index contributed by atoms with van der Waals surface area (Å²) in [6.45, 7) is -0.748. The van der Waals surface area contributed by atoms with Gasteiger partial charge in [0.05, 0.1) is 23.2 Å². The van der Waals surface area contributed by atoms with Crippen LogP contribution in [0.1, 0.15) is 32.0 Å². The molecular weight excluding hydrogens is 624 g/mol. The molecule has 2 aromatic rings. The zero-order valence-electron chi connectivity index (χ0n) is 25.3. The highest BCUT2D eigenvalue weighted by atomic mass is 32.1. The SMILES string of the molecule is CN(C)c1cc(NC(=O)OCOC(=O)c2cccs2)c(O)c2c1C[C@H]1C[C@H]3[C@H](N(C)C)C(=O)C(C(N)=O)C(=O)[C@@]3(O)C(=O)C1C2=O. The molecule has 244 valence electrons. The predicted octanol–water partition coefficient (Wildman–Crippen LogP) is 0.358. The first kappa shape index (κ1) is 32.7.